The fourth-order valence-electron chi connectivity index (χ4n) is 3.22. The average molecular weight is 465 g/mol. The quantitative estimate of drug-likeness (QED) is 0.350. The minimum atomic E-state index is -4.40. The van der Waals surface area contributed by atoms with Gasteiger partial charge >= 0.3 is 7.60 Å². The van der Waals surface area contributed by atoms with Gasteiger partial charge < -0.3 is 29.5 Å². The van der Waals surface area contributed by atoms with E-state index in [-0.39, 0.29) is 18.0 Å². The first-order valence-corrected chi connectivity index (χ1v) is 11.4. The second-order valence-electron chi connectivity index (χ2n) is 8.15. The van der Waals surface area contributed by atoms with Crippen LogP contribution in [0.2, 0.25) is 5.15 Å². The highest BCUT2D eigenvalue weighted by Crippen LogP contribution is 2.57. The number of aliphatic hydroxyl groups is 3. The molecular formula is C17H26ClN4O7P. The first kappa shape index (κ1) is 23.5. The molecule has 1 saturated heterocycles. The highest BCUT2D eigenvalue weighted by atomic mass is 35.5. The molecule has 0 aromatic carbocycles. The molecule has 1 fully saturated rings. The molecule has 11 nitrogen and oxygen atoms in total. The van der Waals surface area contributed by atoms with Crippen molar-refractivity contribution in [2.45, 2.75) is 76.0 Å². The number of nitrogens with zero attached hydrogens (tertiary/aromatic N) is 4. The molecule has 168 valence electrons. The molecule has 0 aliphatic carbocycles. The number of halogens is 1. The van der Waals surface area contributed by atoms with Gasteiger partial charge in [-0.1, -0.05) is 18.5 Å². The molecule has 3 rings (SSSR count). The lowest BCUT2D eigenvalue weighted by atomic mass is 9.93. The molecule has 0 radical (unpaired) electrons. The summed E-state index contributed by atoms with van der Waals surface area (Å²) in [6, 6.07) is 0. The summed E-state index contributed by atoms with van der Waals surface area (Å²) in [7, 11) is -4.40. The zero-order valence-electron chi connectivity index (χ0n) is 17.0. The minimum Gasteiger partial charge on any atom is -0.388 e. The molecule has 6 atom stereocenters. The summed E-state index contributed by atoms with van der Waals surface area (Å²) >= 11 is 6.01. The van der Waals surface area contributed by atoms with E-state index in [9.17, 15) is 24.8 Å². The van der Waals surface area contributed by atoms with Crippen LogP contribution >= 0.6 is 19.2 Å². The Morgan fingerprint density at radius 2 is 1.93 bits per heavy atom. The molecule has 0 saturated carbocycles. The van der Waals surface area contributed by atoms with Crippen molar-refractivity contribution < 1.29 is 34.0 Å². The molecule has 13 heteroatoms. The Morgan fingerprint density at radius 1 is 1.27 bits per heavy atom. The normalized spacial score (nSPS) is 29.1. The number of hydrogen-bond donors (Lipinski definition) is 4. The maximum Gasteiger partial charge on any atom is 0.359 e. The first-order valence-electron chi connectivity index (χ1n) is 9.40. The van der Waals surface area contributed by atoms with Crippen LogP contribution in [0.25, 0.3) is 11.2 Å². The highest BCUT2D eigenvalue weighted by molar-refractivity contribution is 7.54. The molecule has 30 heavy (non-hydrogen) atoms. The van der Waals surface area contributed by atoms with Gasteiger partial charge in [0.05, 0.1) is 18.0 Å². The number of rotatable bonds is 7. The molecule has 0 spiro atoms. The maximum atomic E-state index is 12.5. The average Bonchev–Trinajstić information content (AvgIpc) is 3.18. The van der Waals surface area contributed by atoms with Crippen molar-refractivity contribution >= 4 is 30.4 Å². The van der Waals surface area contributed by atoms with E-state index in [0.29, 0.717) is 11.2 Å². The topological polar surface area (TPSA) is 160 Å². The monoisotopic (exact) mass is 464 g/mol. The number of imidazole rings is 1. The van der Waals surface area contributed by atoms with Crippen LogP contribution in [-0.4, -0.2) is 69.0 Å². The molecule has 3 heterocycles. The third-order valence-corrected chi connectivity index (χ3v) is 7.69. The second-order valence-corrected chi connectivity index (χ2v) is 10.8. The third-order valence-electron chi connectivity index (χ3n) is 5.34. The van der Waals surface area contributed by atoms with E-state index in [1.165, 1.54) is 31.1 Å². The third kappa shape index (κ3) is 4.26. The van der Waals surface area contributed by atoms with Crippen LogP contribution in [0.1, 0.15) is 46.8 Å². The molecule has 2 aromatic rings. The van der Waals surface area contributed by atoms with E-state index in [1.54, 1.807) is 13.8 Å². The Bertz CT molecular complexity index is 967. The van der Waals surface area contributed by atoms with Gasteiger partial charge in [0.25, 0.3) is 0 Å². The van der Waals surface area contributed by atoms with Gasteiger partial charge in [-0.25, -0.2) is 15.0 Å². The number of hydrogen-bond acceptors (Lipinski definition) is 9. The van der Waals surface area contributed by atoms with Crippen LogP contribution in [0.4, 0.5) is 0 Å². The number of fused-ring (bicyclic) bond motifs is 1. The Morgan fingerprint density at radius 3 is 2.53 bits per heavy atom. The summed E-state index contributed by atoms with van der Waals surface area (Å²) < 4.78 is 25.2. The summed E-state index contributed by atoms with van der Waals surface area (Å²) in [4.78, 5) is 22.2. The van der Waals surface area contributed by atoms with E-state index in [4.69, 9.17) is 20.9 Å². The Balaban J connectivity index is 1.84. The summed E-state index contributed by atoms with van der Waals surface area (Å²) in [5, 5.41) is 29.3. The minimum absolute atomic E-state index is 0.0127. The summed E-state index contributed by atoms with van der Waals surface area (Å²) in [5.41, 5.74) is -0.572. The van der Waals surface area contributed by atoms with Gasteiger partial charge in [-0.05, 0) is 27.2 Å². The molecule has 2 aromatic heterocycles. The van der Waals surface area contributed by atoms with Crippen molar-refractivity contribution in [3.63, 3.8) is 0 Å². The van der Waals surface area contributed by atoms with Gasteiger partial charge in [-0.15, -0.1) is 0 Å². The molecule has 0 amide bonds. The van der Waals surface area contributed by atoms with E-state index >= 15 is 0 Å². The molecule has 4 N–H and O–H groups in total. The Hall–Kier alpha value is -1.17. The van der Waals surface area contributed by atoms with Gasteiger partial charge in [0.2, 0.25) is 0 Å². The van der Waals surface area contributed by atoms with Crippen molar-refractivity contribution in [1.29, 1.82) is 0 Å². The number of aromatic nitrogens is 4. The number of ether oxygens (including phenoxy) is 1. The zero-order valence-corrected chi connectivity index (χ0v) is 18.7. The largest absolute Gasteiger partial charge is 0.388 e. The highest BCUT2D eigenvalue weighted by Gasteiger charge is 2.50. The number of aliphatic hydroxyl groups excluding tert-OH is 2. The lowest BCUT2D eigenvalue weighted by Crippen LogP contribution is -2.39. The van der Waals surface area contributed by atoms with Gasteiger partial charge in [0, 0.05) is 6.42 Å². The zero-order chi connectivity index (χ0) is 22.5. The van der Waals surface area contributed by atoms with E-state index < -0.39 is 43.1 Å². The SMILES string of the molecule is CCC(C)(C[C@H]1O[C@@H](n2cnc3c(Cl)ncnc32)[C@H](O)[C@@H]1O)OP(=O)(O)C(C)(C)O. The Labute approximate surface area is 178 Å². The van der Waals surface area contributed by atoms with E-state index in [0.717, 1.165) is 0 Å². The molecule has 1 aliphatic heterocycles. The predicted molar refractivity (Wildman–Crippen MR) is 107 cm³/mol. The van der Waals surface area contributed by atoms with Crippen molar-refractivity contribution in [3.8, 4) is 0 Å². The van der Waals surface area contributed by atoms with Crippen molar-refractivity contribution in [3.05, 3.63) is 17.8 Å². The van der Waals surface area contributed by atoms with Crippen LogP contribution in [-0.2, 0) is 13.8 Å². The smallest absolute Gasteiger partial charge is 0.359 e. The van der Waals surface area contributed by atoms with Crippen LogP contribution in [0.15, 0.2) is 12.7 Å². The summed E-state index contributed by atoms with van der Waals surface area (Å²) in [6.07, 6.45) is -1.67. The maximum absolute atomic E-state index is 12.5. The standard InChI is InChI=1S/C17H26ClN4O7P/c1-5-17(4,29-30(26,27)16(2,3)25)6-9-11(23)12(24)15(28-9)22-8-21-10-13(18)19-7-20-14(10)22/h7-9,11-12,15,23-25H,5-6H2,1-4H3,(H,26,27)/t9-,11-,12-,15-,17?/m1/s1. The van der Waals surface area contributed by atoms with Gasteiger partial charge in [0.15, 0.2) is 22.4 Å². The molecule has 2 unspecified atom stereocenters. The fraction of sp³-hybridized carbons (Fsp3) is 0.706. The predicted octanol–water partition coefficient (Wildman–Crippen LogP) is 1.59. The van der Waals surface area contributed by atoms with Gasteiger partial charge in [-0.2, -0.15) is 0 Å². The van der Waals surface area contributed by atoms with Crippen molar-refractivity contribution in [1.82, 2.24) is 19.5 Å². The Kier molecular flexibility index (Phi) is 6.32. The first-order chi connectivity index (χ1) is 13.8. The van der Waals surface area contributed by atoms with Gasteiger partial charge in [0.1, 0.15) is 24.1 Å². The van der Waals surface area contributed by atoms with Crippen LogP contribution in [0, 0.1) is 0 Å². The molecular weight excluding hydrogens is 439 g/mol. The lowest BCUT2D eigenvalue weighted by molar-refractivity contribution is -0.0684. The molecule has 0 bridgehead atoms. The van der Waals surface area contributed by atoms with Crippen molar-refractivity contribution in [2.75, 3.05) is 0 Å². The van der Waals surface area contributed by atoms with Crippen LogP contribution in [0.5, 0.6) is 0 Å². The fourth-order valence-corrected chi connectivity index (χ4v) is 4.42. The van der Waals surface area contributed by atoms with Crippen LogP contribution < -0.4 is 0 Å². The van der Waals surface area contributed by atoms with E-state index in [2.05, 4.69) is 15.0 Å². The van der Waals surface area contributed by atoms with Gasteiger partial charge in [-0.3, -0.25) is 9.13 Å². The lowest BCUT2D eigenvalue weighted by Gasteiger charge is -2.36. The van der Waals surface area contributed by atoms with Crippen LogP contribution in [0.3, 0.4) is 0 Å². The summed E-state index contributed by atoms with van der Waals surface area (Å²) in [5.74, 6) is 0. The summed E-state index contributed by atoms with van der Waals surface area (Å²) in [6.45, 7) is 5.68. The van der Waals surface area contributed by atoms with Crippen molar-refractivity contribution in [2.24, 2.45) is 0 Å². The molecule has 1 aliphatic rings. The second kappa shape index (κ2) is 8.07. The van der Waals surface area contributed by atoms with E-state index in [1.807, 2.05) is 0 Å².